The number of carbonyl (C=O) groups is 1. The van der Waals surface area contributed by atoms with Crippen LogP contribution in [0.3, 0.4) is 0 Å². The SMILES string of the molecule is CC(C)(C)c1nnc(NC(=O)NCc2csc(N)n2)s1. The third kappa shape index (κ3) is 3.87. The van der Waals surface area contributed by atoms with Crippen molar-refractivity contribution < 1.29 is 4.79 Å². The standard InChI is InChI=1S/C11H16N6OS2/c1-11(2,3)7-16-17-10(20-7)15-9(18)13-4-6-5-19-8(12)14-6/h5H,4H2,1-3H3,(H2,12,14)(H2,13,15,17,18). The molecule has 0 bridgehead atoms. The van der Waals surface area contributed by atoms with Crippen molar-refractivity contribution in [3.8, 4) is 0 Å². The minimum absolute atomic E-state index is 0.0772. The van der Waals surface area contributed by atoms with Gasteiger partial charge in [0.05, 0.1) is 12.2 Å². The van der Waals surface area contributed by atoms with Gasteiger partial charge in [-0.3, -0.25) is 5.32 Å². The van der Waals surface area contributed by atoms with Crippen LogP contribution >= 0.6 is 22.7 Å². The summed E-state index contributed by atoms with van der Waals surface area (Å²) in [6.07, 6.45) is 0. The van der Waals surface area contributed by atoms with Crippen LogP contribution in [0.4, 0.5) is 15.1 Å². The summed E-state index contributed by atoms with van der Waals surface area (Å²) < 4.78 is 0. The second kappa shape index (κ2) is 5.71. The molecule has 2 aromatic rings. The number of nitrogens with zero attached hydrogens (tertiary/aromatic N) is 3. The van der Waals surface area contributed by atoms with Crippen molar-refractivity contribution in [3.05, 3.63) is 16.1 Å². The van der Waals surface area contributed by atoms with Crippen LogP contribution in [0.15, 0.2) is 5.38 Å². The molecule has 0 radical (unpaired) electrons. The van der Waals surface area contributed by atoms with Gasteiger partial charge in [-0.1, -0.05) is 32.1 Å². The molecular formula is C11H16N6OS2. The molecule has 4 N–H and O–H groups in total. The minimum Gasteiger partial charge on any atom is -0.375 e. The van der Waals surface area contributed by atoms with Crippen molar-refractivity contribution >= 4 is 39.0 Å². The van der Waals surface area contributed by atoms with Gasteiger partial charge in [0.1, 0.15) is 5.01 Å². The molecule has 2 aromatic heterocycles. The number of amides is 2. The summed E-state index contributed by atoms with van der Waals surface area (Å²) in [6, 6.07) is -0.340. The highest BCUT2D eigenvalue weighted by Crippen LogP contribution is 2.27. The van der Waals surface area contributed by atoms with Gasteiger partial charge in [0, 0.05) is 10.8 Å². The highest BCUT2D eigenvalue weighted by atomic mass is 32.1. The number of rotatable bonds is 3. The Kier molecular flexibility index (Phi) is 4.19. The van der Waals surface area contributed by atoms with E-state index in [1.807, 2.05) is 20.8 Å². The molecule has 0 saturated carbocycles. The van der Waals surface area contributed by atoms with Gasteiger partial charge >= 0.3 is 6.03 Å². The van der Waals surface area contributed by atoms with Crippen LogP contribution in [-0.2, 0) is 12.0 Å². The molecule has 0 fully saturated rings. The summed E-state index contributed by atoms with van der Waals surface area (Å²) in [5, 5.41) is 17.0. The third-order valence-electron chi connectivity index (χ3n) is 2.29. The summed E-state index contributed by atoms with van der Waals surface area (Å²) in [5.41, 5.74) is 6.17. The minimum atomic E-state index is -0.340. The van der Waals surface area contributed by atoms with E-state index in [2.05, 4.69) is 25.8 Å². The van der Waals surface area contributed by atoms with Crippen LogP contribution < -0.4 is 16.4 Å². The van der Waals surface area contributed by atoms with Gasteiger partial charge in [0.15, 0.2) is 5.13 Å². The van der Waals surface area contributed by atoms with Crippen molar-refractivity contribution in [2.45, 2.75) is 32.7 Å². The molecule has 7 nitrogen and oxygen atoms in total. The van der Waals surface area contributed by atoms with E-state index < -0.39 is 0 Å². The molecule has 108 valence electrons. The third-order valence-corrected chi connectivity index (χ3v) is 4.27. The molecule has 0 aliphatic heterocycles. The molecule has 9 heteroatoms. The molecule has 0 atom stereocenters. The highest BCUT2D eigenvalue weighted by molar-refractivity contribution is 7.15. The topological polar surface area (TPSA) is 106 Å². The first kappa shape index (κ1) is 14.7. The number of carbonyl (C=O) groups excluding carboxylic acids is 1. The number of nitrogen functional groups attached to an aromatic ring is 1. The van der Waals surface area contributed by atoms with E-state index in [9.17, 15) is 4.79 Å². The van der Waals surface area contributed by atoms with Gasteiger partial charge in [-0.25, -0.2) is 9.78 Å². The molecule has 2 amide bonds. The normalized spacial score (nSPS) is 11.3. The molecule has 0 saturated heterocycles. The van der Waals surface area contributed by atoms with Crippen LogP contribution in [0.25, 0.3) is 0 Å². The Morgan fingerprint density at radius 1 is 1.40 bits per heavy atom. The van der Waals surface area contributed by atoms with Crippen LogP contribution in [-0.4, -0.2) is 21.2 Å². The van der Waals surface area contributed by atoms with Crippen molar-refractivity contribution in [1.29, 1.82) is 0 Å². The van der Waals surface area contributed by atoms with Gasteiger partial charge in [-0.15, -0.1) is 21.5 Å². The van der Waals surface area contributed by atoms with Crippen molar-refractivity contribution in [1.82, 2.24) is 20.5 Å². The monoisotopic (exact) mass is 312 g/mol. The first-order chi connectivity index (χ1) is 9.34. The zero-order chi connectivity index (χ0) is 14.8. The van der Waals surface area contributed by atoms with Gasteiger partial charge in [-0.05, 0) is 0 Å². The molecule has 2 heterocycles. The molecule has 20 heavy (non-hydrogen) atoms. The maximum Gasteiger partial charge on any atom is 0.321 e. The Morgan fingerprint density at radius 2 is 2.15 bits per heavy atom. The van der Waals surface area contributed by atoms with Crippen molar-refractivity contribution in [3.63, 3.8) is 0 Å². The summed E-state index contributed by atoms with van der Waals surface area (Å²) >= 11 is 2.71. The summed E-state index contributed by atoms with van der Waals surface area (Å²) in [7, 11) is 0. The lowest BCUT2D eigenvalue weighted by Crippen LogP contribution is -2.28. The number of nitrogens with one attached hydrogen (secondary N) is 2. The molecule has 0 aliphatic rings. The van der Waals surface area contributed by atoms with E-state index in [0.29, 0.717) is 16.8 Å². The number of urea groups is 1. The summed E-state index contributed by atoms with van der Waals surface area (Å²) in [6.45, 7) is 6.46. The summed E-state index contributed by atoms with van der Waals surface area (Å²) in [4.78, 5) is 15.8. The predicted molar refractivity (Wildman–Crippen MR) is 81.0 cm³/mol. The molecule has 0 aromatic carbocycles. The molecule has 0 aliphatic carbocycles. The second-order valence-electron chi connectivity index (χ2n) is 5.15. The molecule has 0 spiro atoms. The first-order valence-electron chi connectivity index (χ1n) is 5.93. The maximum atomic E-state index is 11.7. The lowest BCUT2D eigenvalue weighted by molar-refractivity contribution is 0.251. The molecule has 0 unspecified atom stereocenters. The number of nitrogens with two attached hydrogens (primary N) is 1. The Hall–Kier alpha value is -1.74. The maximum absolute atomic E-state index is 11.7. The van der Waals surface area contributed by atoms with Gasteiger partial charge in [0.25, 0.3) is 0 Å². The highest BCUT2D eigenvalue weighted by Gasteiger charge is 2.19. The lowest BCUT2D eigenvalue weighted by atomic mass is 9.98. The van der Waals surface area contributed by atoms with Gasteiger partial charge in [-0.2, -0.15) is 0 Å². The van der Waals surface area contributed by atoms with E-state index in [1.165, 1.54) is 22.7 Å². The average molecular weight is 312 g/mol. The fourth-order valence-electron chi connectivity index (χ4n) is 1.29. The number of hydrogen-bond acceptors (Lipinski definition) is 7. The van der Waals surface area contributed by atoms with Crippen LogP contribution in [0, 0.1) is 0 Å². The first-order valence-corrected chi connectivity index (χ1v) is 7.63. The van der Waals surface area contributed by atoms with E-state index in [4.69, 9.17) is 5.73 Å². The number of hydrogen-bond donors (Lipinski definition) is 3. The van der Waals surface area contributed by atoms with Crippen LogP contribution in [0.1, 0.15) is 31.5 Å². The lowest BCUT2D eigenvalue weighted by Gasteiger charge is -2.12. The van der Waals surface area contributed by atoms with Gasteiger partial charge < -0.3 is 11.1 Å². The predicted octanol–water partition coefficient (Wildman–Crippen LogP) is 2.20. The molecule has 2 rings (SSSR count). The number of anilines is 2. The average Bonchev–Trinajstić information content (AvgIpc) is 2.95. The fraction of sp³-hybridized carbons (Fsp3) is 0.455. The quantitative estimate of drug-likeness (QED) is 0.805. The van der Waals surface area contributed by atoms with E-state index in [-0.39, 0.29) is 11.4 Å². The van der Waals surface area contributed by atoms with Crippen molar-refractivity contribution in [2.75, 3.05) is 11.1 Å². The van der Waals surface area contributed by atoms with Crippen molar-refractivity contribution in [2.24, 2.45) is 0 Å². The zero-order valence-electron chi connectivity index (χ0n) is 11.4. The van der Waals surface area contributed by atoms with Crippen LogP contribution in [0.2, 0.25) is 0 Å². The van der Waals surface area contributed by atoms with E-state index >= 15 is 0 Å². The smallest absolute Gasteiger partial charge is 0.321 e. The van der Waals surface area contributed by atoms with Crippen LogP contribution in [0.5, 0.6) is 0 Å². The Bertz CT molecular complexity index is 600. The van der Waals surface area contributed by atoms with E-state index in [0.717, 1.165) is 10.7 Å². The zero-order valence-corrected chi connectivity index (χ0v) is 13.1. The van der Waals surface area contributed by atoms with Gasteiger partial charge in [0.2, 0.25) is 5.13 Å². The summed E-state index contributed by atoms with van der Waals surface area (Å²) in [5.74, 6) is 0. The Labute approximate surface area is 124 Å². The number of thiazole rings is 1. The largest absolute Gasteiger partial charge is 0.375 e. The molecular weight excluding hydrogens is 296 g/mol. The Balaban J connectivity index is 1.87. The Morgan fingerprint density at radius 3 is 2.70 bits per heavy atom. The van der Waals surface area contributed by atoms with E-state index in [1.54, 1.807) is 5.38 Å². The number of aromatic nitrogens is 3. The second-order valence-corrected chi connectivity index (χ2v) is 7.01. The fourth-order valence-corrected chi connectivity index (χ4v) is 2.65.